The van der Waals surface area contributed by atoms with Crippen molar-refractivity contribution in [2.45, 2.75) is 77.4 Å². The zero-order chi connectivity index (χ0) is 23.5. The molecule has 7 heteroatoms. The number of aliphatic hydroxyl groups is 1. The van der Waals surface area contributed by atoms with Gasteiger partial charge in [0.05, 0.1) is 6.10 Å². The first-order chi connectivity index (χ1) is 15.0. The number of fused-ring (bicyclic) bond motifs is 5. The molecule has 2 N–H and O–H groups in total. The molecule has 4 aliphatic carbocycles. The second-order valence-corrected chi connectivity index (χ2v) is 10.4. The van der Waals surface area contributed by atoms with Crippen LogP contribution in [0.25, 0.3) is 0 Å². The van der Waals surface area contributed by atoms with Gasteiger partial charge in [0.15, 0.2) is 11.4 Å². The van der Waals surface area contributed by atoms with Crippen LogP contribution in [0, 0.1) is 28.6 Å². The molecule has 7 atom stereocenters. The Hall–Kier alpha value is -2.28. The van der Waals surface area contributed by atoms with E-state index in [2.05, 4.69) is 6.92 Å². The summed E-state index contributed by atoms with van der Waals surface area (Å²) in [5, 5.41) is 21.1. The number of aliphatic carboxylic acids is 1. The maximum atomic E-state index is 13.0. The second kappa shape index (κ2) is 7.65. The number of allylic oxidation sites excluding steroid dienone is 4. The molecule has 0 saturated heterocycles. The summed E-state index contributed by atoms with van der Waals surface area (Å²) in [4.78, 5) is 49.3. The fraction of sp³-hybridized carbons (Fsp3) is 0.680. The van der Waals surface area contributed by atoms with E-state index in [1.165, 1.54) is 0 Å². The predicted octanol–water partition coefficient (Wildman–Crippen LogP) is 3.00. The molecular weight excluding hydrogens is 412 g/mol. The summed E-state index contributed by atoms with van der Waals surface area (Å²) in [6.07, 6.45) is 7.28. The van der Waals surface area contributed by atoms with E-state index in [1.807, 2.05) is 19.9 Å². The molecule has 0 aromatic rings. The van der Waals surface area contributed by atoms with E-state index in [9.17, 15) is 29.4 Å². The van der Waals surface area contributed by atoms with Crippen molar-refractivity contribution in [1.29, 1.82) is 0 Å². The molecule has 0 aliphatic heterocycles. The smallest absolute Gasteiger partial charge is 0.376 e. The molecule has 4 aliphatic rings. The number of hydrogen-bond donors (Lipinski definition) is 2. The van der Waals surface area contributed by atoms with E-state index in [-0.39, 0.29) is 42.8 Å². The highest BCUT2D eigenvalue weighted by Crippen LogP contribution is 2.67. The highest BCUT2D eigenvalue weighted by molar-refractivity contribution is 6.36. The average Bonchev–Trinajstić information content (AvgIpc) is 3.00. The van der Waals surface area contributed by atoms with E-state index < -0.39 is 40.3 Å². The van der Waals surface area contributed by atoms with Gasteiger partial charge >= 0.3 is 11.9 Å². The van der Waals surface area contributed by atoms with Gasteiger partial charge in [0.2, 0.25) is 0 Å². The summed E-state index contributed by atoms with van der Waals surface area (Å²) in [6.45, 7) is 5.69. The lowest BCUT2D eigenvalue weighted by atomic mass is 9.46. The molecule has 3 fully saturated rings. The maximum absolute atomic E-state index is 13.0. The number of carbonyl (C=O) groups excluding carboxylic acids is 3. The molecule has 32 heavy (non-hydrogen) atoms. The van der Waals surface area contributed by atoms with E-state index in [0.29, 0.717) is 19.3 Å². The monoisotopic (exact) mass is 444 g/mol. The molecule has 0 aromatic carbocycles. The molecule has 174 valence electrons. The Balaban J connectivity index is 1.76. The van der Waals surface area contributed by atoms with Gasteiger partial charge in [-0.25, -0.2) is 4.79 Å². The summed E-state index contributed by atoms with van der Waals surface area (Å²) < 4.78 is 5.76. The number of esters is 1. The Morgan fingerprint density at radius 3 is 2.59 bits per heavy atom. The summed E-state index contributed by atoms with van der Waals surface area (Å²) in [5.74, 6) is -3.51. The minimum atomic E-state index is -1.77. The Kier molecular flexibility index (Phi) is 5.47. The third-order valence-electron chi connectivity index (χ3n) is 8.92. The third-order valence-corrected chi connectivity index (χ3v) is 8.92. The Morgan fingerprint density at radius 2 is 1.94 bits per heavy atom. The molecule has 0 heterocycles. The minimum Gasteiger partial charge on any atom is -0.475 e. The normalized spacial score (nSPS) is 42.4. The van der Waals surface area contributed by atoms with Crippen molar-refractivity contribution in [3.63, 3.8) is 0 Å². The molecule has 0 amide bonds. The average molecular weight is 445 g/mol. The van der Waals surface area contributed by atoms with Crippen molar-refractivity contribution < 1.29 is 34.1 Å². The largest absolute Gasteiger partial charge is 0.475 e. The van der Waals surface area contributed by atoms with Gasteiger partial charge in [0.1, 0.15) is 0 Å². The van der Waals surface area contributed by atoms with E-state index in [0.717, 1.165) is 12.0 Å². The number of ketones is 2. The van der Waals surface area contributed by atoms with Crippen molar-refractivity contribution in [2.75, 3.05) is 0 Å². The predicted molar refractivity (Wildman–Crippen MR) is 114 cm³/mol. The lowest BCUT2D eigenvalue weighted by molar-refractivity contribution is -0.201. The van der Waals surface area contributed by atoms with Gasteiger partial charge in [-0.15, -0.1) is 0 Å². The third kappa shape index (κ3) is 3.04. The number of ether oxygens (including phenoxy) is 1. The molecule has 3 saturated carbocycles. The quantitative estimate of drug-likeness (QED) is 0.494. The van der Waals surface area contributed by atoms with Gasteiger partial charge in [-0.2, -0.15) is 0 Å². The molecule has 4 rings (SSSR count). The fourth-order valence-corrected chi connectivity index (χ4v) is 7.52. The van der Waals surface area contributed by atoms with Crippen molar-refractivity contribution in [2.24, 2.45) is 28.6 Å². The highest BCUT2D eigenvalue weighted by atomic mass is 16.6. The number of aliphatic hydroxyl groups excluding tert-OH is 1. The zero-order valence-corrected chi connectivity index (χ0v) is 18.9. The first-order valence-electron chi connectivity index (χ1n) is 11.6. The molecule has 0 spiro atoms. The van der Waals surface area contributed by atoms with Crippen LogP contribution in [0.1, 0.15) is 65.7 Å². The van der Waals surface area contributed by atoms with Gasteiger partial charge in [-0.1, -0.05) is 32.4 Å². The van der Waals surface area contributed by atoms with E-state index in [4.69, 9.17) is 4.74 Å². The van der Waals surface area contributed by atoms with E-state index in [1.54, 1.807) is 12.2 Å². The van der Waals surface area contributed by atoms with Crippen molar-refractivity contribution >= 4 is 23.5 Å². The van der Waals surface area contributed by atoms with Gasteiger partial charge in [-0.05, 0) is 62.5 Å². The Morgan fingerprint density at radius 1 is 1.22 bits per heavy atom. The number of carboxylic acid groups (broad SMARTS) is 1. The number of carbonyl (C=O) groups is 4. The topological polar surface area (TPSA) is 118 Å². The highest BCUT2D eigenvalue weighted by Gasteiger charge is 2.71. The van der Waals surface area contributed by atoms with Crippen molar-refractivity contribution in [1.82, 2.24) is 0 Å². The van der Waals surface area contributed by atoms with Gasteiger partial charge < -0.3 is 14.9 Å². The standard InChI is InChI=1S/C25H32O7/c1-4-5-19(28)32-25(21(29)22(30)31)11-9-17-16-7-6-14-12-15(26)8-10-23(14,2)20(16)18(27)13-24(17,25)3/h8,10,12,16-18,20,27H,4-7,9,11,13H2,1-3H3,(H,30,31)/t16-,17-,18?,20+,23-,24-,25-/m0/s1. The fourth-order valence-electron chi connectivity index (χ4n) is 7.52. The summed E-state index contributed by atoms with van der Waals surface area (Å²) in [7, 11) is 0. The molecular formula is C25H32O7. The summed E-state index contributed by atoms with van der Waals surface area (Å²) in [6, 6.07) is 0. The number of rotatable bonds is 5. The van der Waals surface area contributed by atoms with Crippen LogP contribution in [0.3, 0.4) is 0 Å². The lowest BCUT2D eigenvalue weighted by Gasteiger charge is -2.59. The van der Waals surface area contributed by atoms with Crippen molar-refractivity contribution in [3.8, 4) is 0 Å². The maximum Gasteiger partial charge on any atom is 0.376 e. The van der Waals surface area contributed by atoms with Crippen LogP contribution in [-0.4, -0.2) is 45.4 Å². The van der Waals surface area contributed by atoms with Gasteiger partial charge in [0.25, 0.3) is 5.78 Å². The van der Waals surface area contributed by atoms with Crippen LogP contribution in [0.2, 0.25) is 0 Å². The minimum absolute atomic E-state index is 0.0251. The van der Waals surface area contributed by atoms with Crippen LogP contribution >= 0.6 is 0 Å². The first kappa shape index (κ1) is 22.9. The summed E-state index contributed by atoms with van der Waals surface area (Å²) >= 11 is 0. The Labute approximate surface area is 187 Å². The summed E-state index contributed by atoms with van der Waals surface area (Å²) in [5.41, 5.74) is -2.18. The zero-order valence-electron chi connectivity index (χ0n) is 18.9. The molecule has 0 radical (unpaired) electrons. The van der Waals surface area contributed by atoms with Crippen LogP contribution in [0.4, 0.5) is 0 Å². The number of carboxylic acids is 1. The van der Waals surface area contributed by atoms with Crippen LogP contribution in [0.5, 0.6) is 0 Å². The SMILES string of the molecule is CCCC(=O)O[C@]1(C(=O)C(=O)O)CC[C@H]2[C@@H]3CCC4=CC(=O)C=C[C@]4(C)[C@H]3C(O)C[C@@]21C. The number of Topliss-reactive ketones (excluding diaryl/α,β-unsaturated/α-hetero) is 1. The number of hydrogen-bond acceptors (Lipinski definition) is 6. The Bertz CT molecular complexity index is 933. The lowest BCUT2D eigenvalue weighted by Crippen LogP contribution is -2.63. The molecule has 7 nitrogen and oxygen atoms in total. The molecule has 0 aromatic heterocycles. The van der Waals surface area contributed by atoms with Crippen LogP contribution in [-0.2, 0) is 23.9 Å². The van der Waals surface area contributed by atoms with Crippen LogP contribution in [0.15, 0.2) is 23.8 Å². The molecule has 1 unspecified atom stereocenters. The van der Waals surface area contributed by atoms with Gasteiger partial charge in [-0.3, -0.25) is 14.4 Å². The second-order valence-electron chi connectivity index (χ2n) is 10.4. The first-order valence-corrected chi connectivity index (χ1v) is 11.6. The molecule has 0 bridgehead atoms. The van der Waals surface area contributed by atoms with E-state index >= 15 is 0 Å². The van der Waals surface area contributed by atoms with Crippen molar-refractivity contribution in [3.05, 3.63) is 23.8 Å². The van der Waals surface area contributed by atoms with Crippen LogP contribution < -0.4 is 0 Å². The van der Waals surface area contributed by atoms with Gasteiger partial charge in [0, 0.05) is 23.2 Å².